The van der Waals surface area contributed by atoms with Gasteiger partial charge in [0.25, 0.3) is 0 Å². The highest BCUT2D eigenvalue weighted by Gasteiger charge is 2.21. The quantitative estimate of drug-likeness (QED) is 0.319. The Bertz CT molecular complexity index is 1500. The minimum atomic E-state index is -0.0625. The van der Waals surface area contributed by atoms with E-state index in [1.54, 1.807) is 29.9 Å². The number of hydrogen-bond acceptors (Lipinski definition) is 6. The number of aryl methyl sites for hydroxylation is 3. The number of methoxy groups -OCH3 is 2. The molecule has 35 heavy (non-hydrogen) atoms. The van der Waals surface area contributed by atoms with Crippen LogP contribution in [0, 0.1) is 0 Å². The Morgan fingerprint density at radius 2 is 1.74 bits per heavy atom. The highest BCUT2D eigenvalue weighted by atomic mass is 16.5. The van der Waals surface area contributed by atoms with Crippen LogP contribution >= 0.6 is 0 Å². The number of carbonyl (C=O) groups is 1. The second kappa shape index (κ2) is 9.09. The third-order valence-electron chi connectivity index (χ3n) is 6.01. The maximum atomic E-state index is 13.1. The molecule has 0 bridgehead atoms. The highest BCUT2D eigenvalue weighted by molar-refractivity contribution is 6.02. The zero-order valence-corrected chi connectivity index (χ0v) is 20.1. The van der Waals surface area contributed by atoms with Crippen molar-refractivity contribution in [1.29, 1.82) is 0 Å². The molecule has 2 aromatic carbocycles. The minimum Gasteiger partial charge on any atom is -0.496 e. The summed E-state index contributed by atoms with van der Waals surface area (Å²) in [5, 5.41) is 8.60. The number of ether oxygens (including phenoxy) is 2. The Morgan fingerprint density at radius 3 is 2.37 bits per heavy atom. The van der Waals surface area contributed by atoms with Crippen molar-refractivity contribution >= 4 is 16.8 Å². The highest BCUT2D eigenvalue weighted by Crippen LogP contribution is 2.35. The third kappa shape index (κ3) is 4.28. The number of ketones is 1. The smallest absolute Gasteiger partial charge is 0.170 e. The SMILES string of the molecule is COc1cc(-n2cnc3cc(-c4cnn(C)c4)ccc32)cc(OC)c1C(=O)CCc1ccn(C)n1. The number of aromatic nitrogens is 6. The van der Waals surface area contributed by atoms with Crippen molar-refractivity contribution in [1.82, 2.24) is 29.1 Å². The van der Waals surface area contributed by atoms with E-state index in [2.05, 4.69) is 15.2 Å². The summed E-state index contributed by atoms with van der Waals surface area (Å²) < 4.78 is 16.7. The second-order valence-electron chi connectivity index (χ2n) is 8.35. The van der Waals surface area contributed by atoms with Gasteiger partial charge in [0.2, 0.25) is 0 Å². The molecule has 0 saturated heterocycles. The lowest BCUT2D eigenvalue weighted by Gasteiger charge is -2.15. The molecular formula is C26H26N6O3. The summed E-state index contributed by atoms with van der Waals surface area (Å²) in [5.41, 5.74) is 5.93. The van der Waals surface area contributed by atoms with Gasteiger partial charge in [0.15, 0.2) is 5.78 Å². The van der Waals surface area contributed by atoms with Gasteiger partial charge in [0.1, 0.15) is 23.4 Å². The summed E-state index contributed by atoms with van der Waals surface area (Å²) in [4.78, 5) is 17.7. The van der Waals surface area contributed by atoms with Crippen molar-refractivity contribution in [2.24, 2.45) is 14.1 Å². The molecule has 5 aromatic rings. The molecule has 178 valence electrons. The van der Waals surface area contributed by atoms with Gasteiger partial charge in [-0.05, 0) is 30.2 Å². The van der Waals surface area contributed by atoms with Gasteiger partial charge in [-0.3, -0.25) is 18.7 Å². The Hall–Kier alpha value is -4.40. The number of imidazole rings is 1. The number of nitrogens with zero attached hydrogens (tertiary/aromatic N) is 6. The summed E-state index contributed by atoms with van der Waals surface area (Å²) >= 11 is 0. The van der Waals surface area contributed by atoms with Gasteiger partial charge in [-0.2, -0.15) is 10.2 Å². The molecule has 0 aliphatic heterocycles. The fourth-order valence-corrected chi connectivity index (χ4v) is 4.24. The van der Waals surface area contributed by atoms with Crippen LogP contribution in [0.15, 0.2) is 61.3 Å². The lowest BCUT2D eigenvalue weighted by molar-refractivity contribution is 0.0976. The molecule has 0 aliphatic rings. The molecular weight excluding hydrogens is 444 g/mol. The van der Waals surface area contributed by atoms with Gasteiger partial charge in [-0.1, -0.05) is 6.07 Å². The van der Waals surface area contributed by atoms with Crippen LogP contribution < -0.4 is 9.47 Å². The van der Waals surface area contributed by atoms with Gasteiger partial charge in [0.05, 0.1) is 42.8 Å². The number of Topliss-reactive ketones (excluding diaryl/α,β-unsaturated/α-hetero) is 1. The molecule has 3 aromatic heterocycles. The van der Waals surface area contributed by atoms with Crippen molar-refractivity contribution in [3.63, 3.8) is 0 Å². The molecule has 0 spiro atoms. The first-order chi connectivity index (χ1) is 17.0. The molecule has 0 aliphatic carbocycles. The van der Waals surface area contributed by atoms with Gasteiger partial charge in [0, 0.05) is 50.6 Å². The predicted molar refractivity (Wildman–Crippen MR) is 132 cm³/mol. The number of hydrogen-bond donors (Lipinski definition) is 0. The Kier molecular flexibility index (Phi) is 5.82. The monoisotopic (exact) mass is 470 g/mol. The average Bonchev–Trinajstić information content (AvgIpc) is 3.60. The number of benzene rings is 2. The van der Waals surface area contributed by atoms with E-state index in [9.17, 15) is 4.79 Å². The van der Waals surface area contributed by atoms with Crippen LogP contribution in [0.3, 0.4) is 0 Å². The number of carbonyl (C=O) groups excluding carboxylic acids is 1. The third-order valence-corrected chi connectivity index (χ3v) is 6.01. The van der Waals surface area contributed by atoms with Crippen LogP contribution in [0.25, 0.3) is 27.8 Å². The van der Waals surface area contributed by atoms with E-state index in [4.69, 9.17) is 9.47 Å². The maximum Gasteiger partial charge on any atom is 0.170 e. The van der Waals surface area contributed by atoms with Crippen LogP contribution in [-0.2, 0) is 20.5 Å². The maximum absolute atomic E-state index is 13.1. The van der Waals surface area contributed by atoms with E-state index >= 15 is 0 Å². The lowest BCUT2D eigenvalue weighted by Crippen LogP contribution is -2.08. The molecule has 0 unspecified atom stereocenters. The van der Waals surface area contributed by atoms with Gasteiger partial charge < -0.3 is 9.47 Å². The topological polar surface area (TPSA) is 89.0 Å². The molecule has 9 heteroatoms. The molecule has 0 atom stereocenters. The van der Waals surface area contributed by atoms with E-state index in [-0.39, 0.29) is 5.78 Å². The largest absolute Gasteiger partial charge is 0.496 e. The summed E-state index contributed by atoms with van der Waals surface area (Å²) in [7, 11) is 6.86. The first-order valence-corrected chi connectivity index (χ1v) is 11.2. The van der Waals surface area contributed by atoms with Gasteiger partial charge >= 0.3 is 0 Å². The van der Waals surface area contributed by atoms with Crippen LogP contribution in [-0.4, -0.2) is 49.1 Å². The van der Waals surface area contributed by atoms with E-state index in [1.807, 2.05) is 73.7 Å². The van der Waals surface area contributed by atoms with E-state index in [0.29, 0.717) is 29.9 Å². The number of rotatable bonds is 8. The predicted octanol–water partition coefficient (Wildman–Crippen LogP) is 3.99. The fraction of sp³-hybridized carbons (Fsp3) is 0.231. The fourth-order valence-electron chi connectivity index (χ4n) is 4.24. The Balaban J connectivity index is 1.49. The van der Waals surface area contributed by atoms with Crippen LogP contribution in [0.2, 0.25) is 0 Å². The minimum absolute atomic E-state index is 0.0625. The molecule has 0 saturated carbocycles. The summed E-state index contributed by atoms with van der Waals surface area (Å²) in [6.45, 7) is 0. The van der Waals surface area contributed by atoms with Crippen molar-refractivity contribution < 1.29 is 14.3 Å². The molecule has 0 N–H and O–H groups in total. The Labute approximate surface area is 202 Å². The first-order valence-electron chi connectivity index (χ1n) is 11.2. The van der Waals surface area contributed by atoms with Gasteiger partial charge in [-0.15, -0.1) is 0 Å². The van der Waals surface area contributed by atoms with E-state index in [0.717, 1.165) is 33.5 Å². The zero-order valence-electron chi connectivity index (χ0n) is 20.1. The molecule has 0 amide bonds. The summed E-state index contributed by atoms with van der Waals surface area (Å²) in [5.74, 6) is 0.853. The van der Waals surface area contributed by atoms with E-state index in [1.165, 1.54) is 0 Å². The Morgan fingerprint density at radius 1 is 0.971 bits per heavy atom. The summed E-state index contributed by atoms with van der Waals surface area (Å²) in [6.07, 6.45) is 8.27. The second-order valence-corrected chi connectivity index (χ2v) is 8.35. The van der Waals surface area contributed by atoms with Crippen LogP contribution in [0.4, 0.5) is 0 Å². The van der Waals surface area contributed by atoms with E-state index < -0.39 is 0 Å². The van der Waals surface area contributed by atoms with Crippen molar-refractivity contribution in [3.8, 4) is 28.3 Å². The standard InChI is InChI=1S/C26H26N6O3/c1-30-10-9-19(29-30)6-8-23(33)26-24(34-3)12-20(13-25(26)35-4)32-16-27-21-11-17(5-7-22(21)32)18-14-28-31(2)15-18/h5,7,9-16H,6,8H2,1-4H3. The zero-order chi connectivity index (χ0) is 24.5. The normalized spacial score (nSPS) is 11.2. The summed E-state index contributed by atoms with van der Waals surface area (Å²) in [6, 6.07) is 11.7. The molecule has 0 fully saturated rings. The molecule has 0 radical (unpaired) electrons. The lowest BCUT2D eigenvalue weighted by atomic mass is 10.0. The van der Waals surface area contributed by atoms with Gasteiger partial charge in [-0.25, -0.2) is 4.98 Å². The number of fused-ring (bicyclic) bond motifs is 1. The molecule has 9 nitrogen and oxygen atoms in total. The molecule has 3 heterocycles. The van der Waals surface area contributed by atoms with Crippen molar-refractivity contribution in [2.75, 3.05) is 14.2 Å². The average molecular weight is 471 g/mol. The molecule has 5 rings (SSSR count). The van der Waals surface area contributed by atoms with Crippen molar-refractivity contribution in [3.05, 3.63) is 72.6 Å². The first kappa shape index (κ1) is 22.4. The van der Waals surface area contributed by atoms with Crippen molar-refractivity contribution in [2.45, 2.75) is 12.8 Å². The van der Waals surface area contributed by atoms with Crippen LogP contribution in [0.1, 0.15) is 22.5 Å². The van der Waals surface area contributed by atoms with Crippen LogP contribution in [0.5, 0.6) is 11.5 Å².